The summed E-state index contributed by atoms with van der Waals surface area (Å²) in [5.41, 5.74) is 6.48. The lowest BCUT2D eigenvalue weighted by atomic mass is 9.73. The highest BCUT2D eigenvalue weighted by Crippen LogP contribution is 2.40. The number of carbonyl (C=O) groups is 3. The topological polar surface area (TPSA) is 117 Å². The van der Waals surface area contributed by atoms with E-state index in [0.29, 0.717) is 12.8 Å². The molecule has 1 aliphatic heterocycles. The maximum atomic E-state index is 11.4. The van der Waals surface area contributed by atoms with Crippen LogP contribution in [0, 0.1) is 0 Å². The second-order valence-electron chi connectivity index (χ2n) is 8.40. The number of rotatable bonds is 7. The van der Waals surface area contributed by atoms with Crippen LogP contribution in [0.4, 0.5) is 5.69 Å². The van der Waals surface area contributed by atoms with Gasteiger partial charge in [-0.25, -0.2) is 0 Å². The minimum absolute atomic E-state index is 0.0188. The standard InChI is InChI=1S/C16H28N4O3.C7H8ClN/c17-11-14(22)18-7-9-20-8-4-13(19-15(23)12-21)10-16(20)5-2-1-3-6-16;1-9-7-4-2-6(8)3-5-7/h12-13H,1-11,17H2,(H,18,22)(H,19,23);2-5,9H,1H3. The molecule has 0 aromatic heterocycles. The Morgan fingerprint density at radius 1 is 1.22 bits per heavy atom. The SMILES string of the molecule is CNc1ccc(Cl)cc1.NCC(=O)NCCN1CCC(NC(=O)C=O)CC12CCCCC2. The van der Waals surface area contributed by atoms with Crippen molar-refractivity contribution < 1.29 is 14.4 Å². The molecule has 5 N–H and O–H groups in total. The molecule has 1 saturated heterocycles. The van der Waals surface area contributed by atoms with Crippen molar-refractivity contribution in [2.45, 2.75) is 56.5 Å². The highest BCUT2D eigenvalue weighted by molar-refractivity contribution is 6.30. The van der Waals surface area contributed by atoms with E-state index in [1.807, 2.05) is 31.3 Å². The van der Waals surface area contributed by atoms with Crippen molar-refractivity contribution in [3.8, 4) is 0 Å². The van der Waals surface area contributed by atoms with Gasteiger partial charge in [-0.2, -0.15) is 0 Å². The van der Waals surface area contributed by atoms with E-state index in [4.69, 9.17) is 17.3 Å². The molecule has 1 aliphatic carbocycles. The van der Waals surface area contributed by atoms with Gasteiger partial charge in [0.05, 0.1) is 6.54 Å². The summed E-state index contributed by atoms with van der Waals surface area (Å²) in [5.74, 6) is -0.652. The number of carbonyl (C=O) groups excluding carboxylic acids is 3. The fourth-order valence-electron chi connectivity index (χ4n) is 4.70. The van der Waals surface area contributed by atoms with Crippen molar-refractivity contribution in [2.24, 2.45) is 5.73 Å². The van der Waals surface area contributed by atoms with Gasteiger partial charge in [0.15, 0.2) is 0 Å². The molecule has 1 aromatic carbocycles. The van der Waals surface area contributed by atoms with Gasteiger partial charge in [0, 0.05) is 49.0 Å². The van der Waals surface area contributed by atoms with Gasteiger partial charge < -0.3 is 21.7 Å². The number of hydrogen-bond donors (Lipinski definition) is 4. The lowest BCUT2D eigenvalue weighted by Crippen LogP contribution is -2.60. The summed E-state index contributed by atoms with van der Waals surface area (Å²) < 4.78 is 0. The van der Waals surface area contributed by atoms with Crippen molar-refractivity contribution in [3.63, 3.8) is 0 Å². The maximum absolute atomic E-state index is 11.4. The molecule has 32 heavy (non-hydrogen) atoms. The lowest BCUT2D eigenvalue weighted by Gasteiger charge is -2.52. The van der Waals surface area contributed by atoms with Crippen LogP contribution in [-0.4, -0.2) is 67.8 Å². The Balaban J connectivity index is 0.000000336. The van der Waals surface area contributed by atoms with Crippen LogP contribution in [0.15, 0.2) is 24.3 Å². The average Bonchev–Trinajstić information content (AvgIpc) is 2.81. The van der Waals surface area contributed by atoms with Gasteiger partial charge >= 0.3 is 0 Å². The summed E-state index contributed by atoms with van der Waals surface area (Å²) in [5, 5.41) is 9.42. The van der Waals surface area contributed by atoms with Crippen LogP contribution in [0.2, 0.25) is 5.02 Å². The zero-order valence-electron chi connectivity index (χ0n) is 18.9. The van der Waals surface area contributed by atoms with Gasteiger partial charge in [0.2, 0.25) is 12.2 Å². The van der Waals surface area contributed by atoms with Gasteiger partial charge in [-0.1, -0.05) is 30.9 Å². The highest BCUT2D eigenvalue weighted by atomic mass is 35.5. The van der Waals surface area contributed by atoms with Crippen molar-refractivity contribution >= 4 is 35.4 Å². The molecule has 1 unspecified atom stereocenters. The first-order chi connectivity index (χ1) is 15.4. The third-order valence-corrected chi connectivity index (χ3v) is 6.56. The normalized spacial score (nSPS) is 19.9. The molecule has 0 bridgehead atoms. The van der Waals surface area contributed by atoms with Gasteiger partial charge in [0.25, 0.3) is 5.91 Å². The first kappa shape index (κ1) is 26.1. The number of halogens is 1. The summed E-state index contributed by atoms with van der Waals surface area (Å²) in [6, 6.07) is 7.64. The van der Waals surface area contributed by atoms with Gasteiger partial charge in [-0.05, 0) is 49.9 Å². The largest absolute Gasteiger partial charge is 0.388 e. The first-order valence-electron chi connectivity index (χ1n) is 11.3. The van der Waals surface area contributed by atoms with Crippen molar-refractivity contribution in [1.29, 1.82) is 0 Å². The molecule has 1 atom stereocenters. The molecular weight excluding hydrogens is 430 g/mol. The molecule has 1 saturated carbocycles. The fraction of sp³-hybridized carbons (Fsp3) is 0.609. The van der Waals surface area contributed by atoms with E-state index in [1.54, 1.807) is 0 Å². The highest BCUT2D eigenvalue weighted by Gasteiger charge is 2.42. The van der Waals surface area contributed by atoms with Crippen molar-refractivity contribution in [2.75, 3.05) is 38.5 Å². The molecule has 8 nitrogen and oxygen atoms in total. The van der Waals surface area contributed by atoms with Gasteiger partial charge in [-0.3, -0.25) is 19.3 Å². The van der Waals surface area contributed by atoms with Crippen molar-refractivity contribution in [3.05, 3.63) is 29.3 Å². The zero-order valence-corrected chi connectivity index (χ0v) is 19.6. The molecule has 2 fully saturated rings. The van der Waals surface area contributed by atoms with E-state index in [-0.39, 0.29) is 24.0 Å². The van der Waals surface area contributed by atoms with Crippen LogP contribution < -0.4 is 21.7 Å². The second kappa shape index (κ2) is 13.4. The monoisotopic (exact) mass is 465 g/mol. The molecule has 9 heteroatoms. The number of benzene rings is 1. The van der Waals surface area contributed by atoms with E-state index < -0.39 is 5.91 Å². The number of nitrogens with zero attached hydrogens (tertiary/aromatic N) is 1. The van der Waals surface area contributed by atoms with E-state index in [1.165, 1.54) is 19.3 Å². The number of aldehydes is 1. The van der Waals surface area contributed by atoms with Crippen molar-refractivity contribution in [1.82, 2.24) is 15.5 Å². The Morgan fingerprint density at radius 3 is 2.50 bits per heavy atom. The predicted molar refractivity (Wildman–Crippen MR) is 128 cm³/mol. The summed E-state index contributed by atoms with van der Waals surface area (Å²) in [6.45, 7) is 2.30. The Bertz CT molecular complexity index is 738. The number of hydrogen-bond acceptors (Lipinski definition) is 6. The second-order valence-corrected chi connectivity index (χ2v) is 8.84. The number of anilines is 1. The molecule has 1 aromatic rings. The molecule has 3 rings (SSSR count). The third-order valence-electron chi connectivity index (χ3n) is 6.30. The van der Waals surface area contributed by atoms with E-state index in [2.05, 4.69) is 20.9 Å². The molecule has 2 amide bonds. The van der Waals surface area contributed by atoms with E-state index in [0.717, 1.165) is 49.5 Å². The summed E-state index contributed by atoms with van der Waals surface area (Å²) in [6.07, 6.45) is 7.95. The van der Waals surface area contributed by atoms with Gasteiger partial charge in [-0.15, -0.1) is 0 Å². The van der Waals surface area contributed by atoms with Crippen LogP contribution >= 0.6 is 11.6 Å². The predicted octanol–water partition coefficient (Wildman–Crippen LogP) is 1.93. The van der Waals surface area contributed by atoms with Crippen LogP contribution in [0.25, 0.3) is 0 Å². The Morgan fingerprint density at radius 2 is 1.91 bits per heavy atom. The van der Waals surface area contributed by atoms with Crippen LogP contribution in [0.5, 0.6) is 0 Å². The number of nitrogens with one attached hydrogen (secondary N) is 3. The van der Waals surface area contributed by atoms with Crippen LogP contribution in [0.3, 0.4) is 0 Å². The van der Waals surface area contributed by atoms with E-state index in [9.17, 15) is 14.4 Å². The minimum Gasteiger partial charge on any atom is -0.388 e. The molecule has 0 radical (unpaired) electrons. The summed E-state index contributed by atoms with van der Waals surface area (Å²) >= 11 is 5.64. The number of piperidine rings is 1. The van der Waals surface area contributed by atoms with Gasteiger partial charge in [0.1, 0.15) is 0 Å². The molecule has 2 aliphatic rings. The minimum atomic E-state index is -0.524. The average molecular weight is 466 g/mol. The number of nitrogens with two attached hydrogens (primary N) is 1. The molecular formula is C23H36ClN5O3. The quantitative estimate of drug-likeness (QED) is 0.361. The van der Waals surface area contributed by atoms with E-state index >= 15 is 0 Å². The number of amides is 2. The maximum Gasteiger partial charge on any atom is 0.284 e. The van der Waals surface area contributed by atoms with Crippen LogP contribution in [0.1, 0.15) is 44.9 Å². The zero-order chi connectivity index (χ0) is 23.4. The summed E-state index contributed by atoms with van der Waals surface area (Å²) in [7, 11) is 1.88. The molecule has 1 heterocycles. The summed E-state index contributed by atoms with van der Waals surface area (Å²) in [4.78, 5) is 35.7. The number of likely N-dealkylation sites (tertiary alicyclic amines) is 1. The Kier molecular flexibility index (Phi) is 10.9. The Hall–Kier alpha value is -2.16. The van der Waals surface area contributed by atoms with Crippen LogP contribution in [-0.2, 0) is 14.4 Å². The Labute approximate surface area is 195 Å². The first-order valence-corrected chi connectivity index (χ1v) is 11.7. The lowest BCUT2D eigenvalue weighted by molar-refractivity contribution is -0.132. The fourth-order valence-corrected chi connectivity index (χ4v) is 4.82. The molecule has 178 valence electrons. The smallest absolute Gasteiger partial charge is 0.284 e. The molecule has 1 spiro atoms. The third kappa shape index (κ3) is 8.07.